The molecule has 2 fully saturated rings. The lowest BCUT2D eigenvalue weighted by Crippen LogP contribution is -2.48. The summed E-state index contributed by atoms with van der Waals surface area (Å²) in [6, 6.07) is 26.1. The van der Waals surface area contributed by atoms with Gasteiger partial charge in [0.15, 0.2) is 0 Å². The van der Waals surface area contributed by atoms with Crippen LogP contribution in [-0.4, -0.2) is 50.2 Å². The zero-order valence-corrected chi connectivity index (χ0v) is 21.0. The van der Waals surface area contributed by atoms with E-state index in [1.807, 2.05) is 12.1 Å². The Morgan fingerprint density at radius 2 is 1.59 bits per heavy atom. The maximum atomic E-state index is 12.5. The molecule has 2 saturated heterocycles. The van der Waals surface area contributed by atoms with Gasteiger partial charge in [-0.3, -0.25) is 9.69 Å². The number of benzene rings is 3. The fourth-order valence-corrected chi connectivity index (χ4v) is 6.07. The second-order valence-corrected chi connectivity index (χ2v) is 10.2. The van der Waals surface area contributed by atoms with Gasteiger partial charge in [0, 0.05) is 38.5 Å². The summed E-state index contributed by atoms with van der Waals surface area (Å²) in [5.74, 6) is -0.149. The van der Waals surface area contributed by atoms with Crippen molar-refractivity contribution >= 4 is 17.3 Å². The topological polar surface area (TPSA) is 68.6 Å². The Morgan fingerprint density at radius 1 is 0.919 bits per heavy atom. The minimum atomic E-state index is -0.113. The normalized spacial score (nSPS) is 20.0. The Morgan fingerprint density at radius 3 is 2.22 bits per heavy atom. The quantitative estimate of drug-likeness (QED) is 0.579. The van der Waals surface area contributed by atoms with Crippen LogP contribution in [0.1, 0.15) is 40.3 Å². The molecule has 6 heteroatoms. The van der Waals surface area contributed by atoms with Gasteiger partial charge in [-0.15, -0.1) is 0 Å². The van der Waals surface area contributed by atoms with Crippen molar-refractivity contribution < 1.29 is 9.53 Å². The number of ether oxygens (including phenoxy) is 1. The largest absolute Gasteiger partial charge is 0.381 e. The number of nitrogens with one attached hydrogen (secondary N) is 1. The van der Waals surface area contributed by atoms with E-state index >= 15 is 0 Å². The number of amides is 1. The first-order valence-corrected chi connectivity index (χ1v) is 13.3. The van der Waals surface area contributed by atoms with Crippen LogP contribution < -0.4 is 10.2 Å². The lowest BCUT2D eigenvalue weighted by Gasteiger charge is -2.41. The predicted octanol–water partition coefficient (Wildman–Crippen LogP) is 4.54. The number of aryl methyl sites for hydroxylation is 2. The van der Waals surface area contributed by atoms with E-state index < -0.39 is 0 Å². The number of anilines is 2. The summed E-state index contributed by atoms with van der Waals surface area (Å²) in [4.78, 5) is 17.4. The molecule has 3 aromatic carbocycles. The number of nitrogens with zero attached hydrogens (tertiary/aromatic N) is 3. The molecule has 3 aromatic rings. The molecule has 0 radical (unpaired) electrons. The van der Waals surface area contributed by atoms with Crippen LogP contribution in [0.25, 0.3) is 0 Å². The molecule has 2 heterocycles. The molecule has 1 unspecified atom stereocenters. The SMILES string of the molecule is N#Cc1cc(NC(=O)C2CCOC2)ccc1N1CCN(C2c3ccccc3CCc3ccccc32)CC1. The van der Waals surface area contributed by atoms with Crippen molar-refractivity contribution in [2.24, 2.45) is 5.92 Å². The summed E-state index contributed by atoms with van der Waals surface area (Å²) in [7, 11) is 0. The molecular weight excluding hydrogens is 460 g/mol. The molecule has 2 aliphatic heterocycles. The van der Waals surface area contributed by atoms with E-state index in [0.29, 0.717) is 24.5 Å². The molecule has 0 spiro atoms. The smallest absolute Gasteiger partial charge is 0.229 e. The zero-order chi connectivity index (χ0) is 25.2. The van der Waals surface area contributed by atoms with E-state index in [2.05, 4.69) is 69.7 Å². The molecule has 1 aliphatic carbocycles. The van der Waals surface area contributed by atoms with E-state index in [-0.39, 0.29) is 17.9 Å². The molecule has 1 atom stereocenters. The average molecular weight is 493 g/mol. The van der Waals surface area contributed by atoms with Crippen LogP contribution in [0.2, 0.25) is 0 Å². The Labute approximate surface area is 218 Å². The van der Waals surface area contributed by atoms with Crippen molar-refractivity contribution in [1.82, 2.24) is 4.90 Å². The molecule has 0 saturated carbocycles. The minimum Gasteiger partial charge on any atom is -0.381 e. The van der Waals surface area contributed by atoms with Gasteiger partial charge >= 0.3 is 0 Å². The van der Waals surface area contributed by atoms with Crippen molar-refractivity contribution in [2.45, 2.75) is 25.3 Å². The minimum absolute atomic E-state index is 0.0354. The molecule has 0 bridgehead atoms. The van der Waals surface area contributed by atoms with Gasteiger partial charge in [-0.25, -0.2) is 0 Å². The fraction of sp³-hybridized carbons (Fsp3) is 0.355. The lowest BCUT2D eigenvalue weighted by atomic mass is 9.92. The number of hydrogen-bond acceptors (Lipinski definition) is 5. The van der Waals surface area contributed by atoms with Crippen LogP contribution in [0.15, 0.2) is 66.7 Å². The number of rotatable bonds is 4. The average Bonchev–Trinajstić information content (AvgIpc) is 3.44. The molecule has 3 aliphatic rings. The van der Waals surface area contributed by atoms with Gasteiger partial charge in [-0.2, -0.15) is 5.26 Å². The van der Waals surface area contributed by atoms with Gasteiger partial charge in [0.2, 0.25) is 5.91 Å². The molecule has 0 aromatic heterocycles. The first-order chi connectivity index (χ1) is 18.2. The van der Waals surface area contributed by atoms with E-state index in [1.54, 1.807) is 6.07 Å². The van der Waals surface area contributed by atoms with Gasteiger partial charge in [-0.05, 0) is 59.7 Å². The fourth-order valence-electron chi connectivity index (χ4n) is 6.07. The van der Waals surface area contributed by atoms with Crippen LogP contribution in [0.4, 0.5) is 11.4 Å². The third-order valence-corrected chi connectivity index (χ3v) is 8.07. The van der Waals surface area contributed by atoms with Crippen molar-refractivity contribution in [3.8, 4) is 6.07 Å². The van der Waals surface area contributed by atoms with Crippen molar-refractivity contribution in [2.75, 3.05) is 49.6 Å². The number of fused-ring (bicyclic) bond motifs is 2. The van der Waals surface area contributed by atoms with Gasteiger partial charge in [0.1, 0.15) is 6.07 Å². The highest BCUT2D eigenvalue weighted by molar-refractivity contribution is 5.93. The number of nitriles is 1. The predicted molar refractivity (Wildman–Crippen MR) is 145 cm³/mol. The summed E-state index contributed by atoms with van der Waals surface area (Å²) in [5.41, 5.74) is 7.93. The molecular formula is C31H32N4O2. The first kappa shape index (κ1) is 23.7. The number of piperazine rings is 1. The van der Waals surface area contributed by atoms with Gasteiger partial charge in [0.05, 0.1) is 29.8 Å². The standard InChI is InChI=1S/C31H32N4O2/c32-20-25-19-26(33-31(36)24-13-18-37-21-24)11-12-29(25)34-14-16-35(17-15-34)30-27-7-3-1-5-22(27)9-10-23-6-2-4-8-28(23)30/h1-8,11-12,19,24,30H,9-10,13-18,21H2,(H,33,36). The Balaban J connectivity index is 1.20. The van der Waals surface area contributed by atoms with Crippen molar-refractivity contribution in [3.63, 3.8) is 0 Å². The van der Waals surface area contributed by atoms with Crippen molar-refractivity contribution in [1.29, 1.82) is 5.26 Å². The second kappa shape index (κ2) is 10.4. The van der Waals surface area contributed by atoms with Crippen molar-refractivity contribution in [3.05, 3.63) is 94.5 Å². The van der Waals surface area contributed by atoms with Gasteiger partial charge in [-0.1, -0.05) is 48.5 Å². The number of hydrogen-bond donors (Lipinski definition) is 1. The number of carbonyl (C=O) groups is 1. The molecule has 37 heavy (non-hydrogen) atoms. The molecule has 188 valence electrons. The van der Waals surface area contributed by atoms with E-state index in [9.17, 15) is 10.1 Å². The molecule has 6 rings (SSSR count). The van der Waals surface area contributed by atoms with Crippen LogP contribution >= 0.6 is 0 Å². The second-order valence-electron chi connectivity index (χ2n) is 10.2. The highest BCUT2D eigenvalue weighted by Gasteiger charge is 2.31. The van der Waals surface area contributed by atoms with Crippen LogP contribution in [0.5, 0.6) is 0 Å². The summed E-state index contributed by atoms with van der Waals surface area (Å²) < 4.78 is 5.33. The van der Waals surface area contributed by atoms with Gasteiger partial charge in [0.25, 0.3) is 0 Å². The summed E-state index contributed by atoms with van der Waals surface area (Å²) in [6.45, 7) is 4.62. The summed E-state index contributed by atoms with van der Waals surface area (Å²) in [6.07, 6.45) is 2.90. The third kappa shape index (κ3) is 4.73. The first-order valence-electron chi connectivity index (χ1n) is 13.3. The third-order valence-electron chi connectivity index (χ3n) is 8.07. The van der Waals surface area contributed by atoms with E-state index in [1.165, 1.54) is 22.3 Å². The molecule has 1 amide bonds. The maximum Gasteiger partial charge on any atom is 0.229 e. The van der Waals surface area contributed by atoms with Crippen LogP contribution in [0, 0.1) is 17.2 Å². The molecule has 6 nitrogen and oxygen atoms in total. The Hall–Kier alpha value is -3.66. The van der Waals surface area contributed by atoms with Gasteiger partial charge < -0.3 is 15.0 Å². The van der Waals surface area contributed by atoms with E-state index in [4.69, 9.17) is 4.74 Å². The lowest BCUT2D eigenvalue weighted by molar-refractivity contribution is -0.119. The number of carbonyl (C=O) groups excluding carboxylic acids is 1. The molecule has 1 N–H and O–H groups in total. The Kier molecular flexibility index (Phi) is 6.65. The highest BCUT2D eigenvalue weighted by atomic mass is 16.5. The van der Waals surface area contributed by atoms with E-state index in [0.717, 1.165) is 51.1 Å². The monoisotopic (exact) mass is 492 g/mol. The summed E-state index contributed by atoms with van der Waals surface area (Å²) in [5, 5.41) is 12.9. The van der Waals surface area contributed by atoms with Crippen LogP contribution in [0.3, 0.4) is 0 Å². The highest BCUT2D eigenvalue weighted by Crippen LogP contribution is 2.37. The summed E-state index contributed by atoms with van der Waals surface area (Å²) >= 11 is 0. The zero-order valence-electron chi connectivity index (χ0n) is 21.0. The Bertz CT molecular complexity index is 1290. The van der Waals surface area contributed by atoms with Crippen LogP contribution in [-0.2, 0) is 22.4 Å². The maximum absolute atomic E-state index is 12.5.